The summed E-state index contributed by atoms with van der Waals surface area (Å²) in [6.07, 6.45) is -9.62. The Kier molecular flexibility index (Phi) is 7.58. The second-order valence-corrected chi connectivity index (χ2v) is 9.92. The van der Waals surface area contributed by atoms with Gasteiger partial charge in [-0.1, -0.05) is 28.4 Å². The van der Waals surface area contributed by atoms with E-state index >= 15 is 0 Å². The molecule has 10 nitrogen and oxygen atoms in total. The van der Waals surface area contributed by atoms with Crippen molar-refractivity contribution in [3.8, 4) is 16.9 Å². The fourth-order valence-electron chi connectivity index (χ4n) is 4.58. The van der Waals surface area contributed by atoms with Crippen molar-refractivity contribution in [2.45, 2.75) is 43.6 Å². The van der Waals surface area contributed by atoms with Gasteiger partial charge in [0.05, 0.1) is 24.1 Å². The predicted octanol–water partition coefficient (Wildman–Crippen LogP) is 3.69. The number of hydrogen-bond acceptors (Lipinski definition) is 8. The molecule has 3 N–H and O–H groups in total. The summed E-state index contributed by atoms with van der Waals surface area (Å²) in [5.41, 5.74) is -1.46. The van der Waals surface area contributed by atoms with E-state index in [1.165, 1.54) is 25.3 Å². The monoisotopic (exact) mass is 602 g/mol. The molecule has 1 aliphatic rings. The number of aryl methyl sites for hydroxylation is 1. The Morgan fingerprint density at radius 1 is 1.05 bits per heavy atom. The molecule has 212 valence electrons. The van der Waals surface area contributed by atoms with E-state index in [9.17, 15) is 32.9 Å². The van der Waals surface area contributed by atoms with Gasteiger partial charge in [0.1, 0.15) is 47.8 Å². The van der Waals surface area contributed by atoms with Gasteiger partial charge in [-0.05, 0) is 43.3 Å². The molecule has 2 aromatic carbocycles. The Balaban J connectivity index is 1.58. The second-order valence-electron chi connectivity index (χ2n) is 9.05. The van der Waals surface area contributed by atoms with Crippen molar-refractivity contribution in [2.24, 2.45) is 0 Å². The van der Waals surface area contributed by atoms with Gasteiger partial charge in [-0.25, -0.2) is 18.7 Å². The van der Waals surface area contributed by atoms with Crippen LogP contribution in [0.2, 0.25) is 10.0 Å². The van der Waals surface area contributed by atoms with Gasteiger partial charge in [-0.2, -0.15) is 18.3 Å². The Hall–Kier alpha value is -3.14. The van der Waals surface area contributed by atoms with E-state index in [4.69, 9.17) is 27.9 Å². The number of ether oxygens (including phenoxy) is 1. The number of aliphatic hydroxyl groups excluding tert-OH is 3. The van der Waals surface area contributed by atoms with Crippen molar-refractivity contribution in [1.29, 1.82) is 0 Å². The first kappa shape index (κ1) is 28.4. The minimum atomic E-state index is -4.79. The third-order valence-electron chi connectivity index (χ3n) is 6.40. The third kappa shape index (κ3) is 5.18. The van der Waals surface area contributed by atoms with E-state index in [0.29, 0.717) is 0 Å². The summed E-state index contributed by atoms with van der Waals surface area (Å²) < 4.78 is 63.7. The standard InChI is InChI=1S/C24H20Cl2F4N6O4/c1-10-31-23(36(33-10)17-7-12(26)3-5-14(17)24(28,29)30)22-21(39)19(20(38)18(9-37)40-22)35-8-16(32-34-35)13-4-2-11(25)6-15(13)27/h2-8,18-22,37-39H,9H2,1H3/t18-,19+,20+,21-,22-/m1/s1. The Morgan fingerprint density at radius 2 is 1.75 bits per heavy atom. The Morgan fingerprint density at radius 3 is 2.42 bits per heavy atom. The third-order valence-corrected chi connectivity index (χ3v) is 6.87. The molecule has 5 rings (SSSR count). The lowest BCUT2D eigenvalue weighted by Crippen LogP contribution is -2.53. The first-order valence-electron chi connectivity index (χ1n) is 11.7. The van der Waals surface area contributed by atoms with Crippen molar-refractivity contribution in [3.63, 3.8) is 0 Å². The molecule has 4 aromatic rings. The summed E-state index contributed by atoms with van der Waals surface area (Å²) in [5, 5.41) is 44.3. The van der Waals surface area contributed by atoms with E-state index in [1.54, 1.807) is 0 Å². The van der Waals surface area contributed by atoms with Crippen molar-refractivity contribution >= 4 is 23.2 Å². The van der Waals surface area contributed by atoms with Crippen molar-refractivity contribution < 1.29 is 37.6 Å². The van der Waals surface area contributed by atoms with Gasteiger partial charge >= 0.3 is 6.18 Å². The lowest BCUT2D eigenvalue weighted by atomic mass is 9.92. The zero-order valence-corrected chi connectivity index (χ0v) is 21.8. The van der Waals surface area contributed by atoms with Crippen molar-refractivity contribution in [1.82, 2.24) is 29.8 Å². The van der Waals surface area contributed by atoms with Gasteiger partial charge in [-0.15, -0.1) is 5.10 Å². The van der Waals surface area contributed by atoms with Crippen LogP contribution >= 0.6 is 23.2 Å². The maximum absolute atomic E-state index is 14.5. The van der Waals surface area contributed by atoms with Crippen LogP contribution in [0.5, 0.6) is 0 Å². The Labute approximate surface area is 233 Å². The first-order chi connectivity index (χ1) is 18.9. The molecular formula is C24H20Cl2F4N6O4. The van der Waals surface area contributed by atoms with Crippen LogP contribution in [0, 0.1) is 12.7 Å². The maximum Gasteiger partial charge on any atom is 0.418 e. The minimum absolute atomic E-state index is 0.0154. The smallest absolute Gasteiger partial charge is 0.394 e. The predicted molar refractivity (Wildman–Crippen MR) is 132 cm³/mol. The van der Waals surface area contributed by atoms with Gasteiger partial charge in [0.2, 0.25) is 0 Å². The topological polar surface area (TPSA) is 131 Å². The molecule has 0 bridgehead atoms. The van der Waals surface area contributed by atoms with E-state index in [2.05, 4.69) is 20.4 Å². The average Bonchev–Trinajstić information content (AvgIpc) is 3.50. The lowest BCUT2D eigenvalue weighted by Gasteiger charge is -2.41. The number of aliphatic hydroxyl groups is 3. The van der Waals surface area contributed by atoms with Crippen LogP contribution in [0.25, 0.3) is 16.9 Å². The molecule has 3 heterocycles. The first-order valence-corrected chi connectivity index (χ1v) is 12.4. The molecular weight excluding hydrogens is 583 g/mol. The zero-order chi connectivity index (χ0) is 28.9. The summed E-state index contributed by atoms with van der Waals surface area (Å²) in [6.45, 7) is 0.694. The highest BCUT2D eigenvalue weighted by atomic mass is 35.5. The molecule has 16 heteroatoms. The highest BCUT2D eigenvalue weighted by Crippen LogP contribution is 2.41. The molecule has 0 aliphatic carbocycles. The second kappa shape index (κ2) is 10.7. The van der Waals surface area contributed by atoms with Gasteiger partial charge in [0.25, 0.3) is 0 Å². The minimum Gasteiger partial charge on any atom is -0.394 e. The summed E-state index contributed by atoms with van der Waals surface area (Å²) in [5.74, 6) is -0.898. The van der Waals surface area contributed by atoms with Crippen LogP contribution in [0.1, 0.15) is 29.4 Å². The number of hydrogen-bond donors (Lipinski definition) is 3. The molecule has 40 heavy (non-hydrogen) atoms. The van der Waals surface area contributed by atoms with Crippen LogP contribution in [0.4, 0.5) is 17.6 Å². The largest absolute Gasteiger partial charge is 0.418 e. The van der Waals surface area contributed by atoms with E-state index in [1.807, 2.05) is 0 Å². The molecule has 0 unspecified atom stereocenters. The van der Waals surface area contributed by atoms with Gasteiger partial charge < -0.3 is 20.1 Å². The summed E-state index contributed by atoms with van der Waals surface area (Å²) in [6, 6.07) is 5.44. The Bertz CT molecular complexity index is 1550. The van der Waals surface area contributed by atoms with E-state index in [-0.39, 0.29) is 33.0 Å². The molecule has 0 spiro atoms. The maximum atomic E-state index is 14.5. The molecule has 1 saturated heterocycles. The molecule has 5 atom stereocenters. The highest BCUT2D eigenvalue weighted by Gasteiger charge is 2.49. The van der Waals surface area contributed by atoms with Crippen LogP contribution in [-0.4, -0.2) is 70.0 Å². The number of nitrogens with zero attached hydrogens (tertiary/aromatic N) is 6. The molecule has 1 aliphatic heterocycles. The quantitative estimate of drug-likeness (QED) is 0.295. The molecule has 1 fully saturated rings. The van der Waals surface area contributed by atoms with Crippen LogP contribution in [-0.2, 0) is 10.9 Å². The summed E-state index contributed by atoms with van der Waals surface area (Å²) >= 11 is 11.8. The van der Waals surface area contributed by atoms with Gasteiger partial charge in [-0.3, -0.25) is 0 Å². The van der Waals surface area contributed by atoms with E-state index < -0.39 is 60.3 Å². The molecule has 0 saturated carbocycles. The number of benzene rings is 2. The van der Waals surface area contributed by atoms with Gasteiger partial charge in [0, 0.05) is 15.6 Å². The fraction of sp³-hybridized carbons (Fsp3) is 0.333. The highest BCUT2D eigenvalue weighted by molar-refractivity contribution is 6.31. The van der Waals surface area contributed by atoms with Crippen LogP contribution < -0.4 is 0 Å². The molecule has 0 amide bonds. The zero-order valence-electron chi connectivity index (χ0n) is 20.3. The normalized spacial score (nSPS) is 23.5. The molecule has 0 radical (unpaired) electrons. The SMILES string of the molecule is Cc1nc([C@@H]2O[C@H](CO)[C@H](O)[C@H](n3cc(-c4ccc(Cl)cc4F)nn3)[C@H]2O)n(-c2cc(Cl)ccc2C(F)(F)F)n1. The van der Waals surface area contributed by atoms with Crippen LogP contribution in [0.3, 0.4) is 0 Å². The lowest BCUT2D eigenvalue weighted by molar-refractivity contribution is -0.210. The number of halogens is 6. The van der Waals surface area contributed by atoms with Gasteiger partial charge in [0.15, 0.2) is 5.82 Å². The van der Waals surface area contributed by atoms with Crippen molar-refractivity contribution in [3.05, 3.63) is 75.7 Å². The fourth-order valence-corrected chi connectivity index (χ4v) is 4.91. The van der Waals surface area contributed by atoms with Crippen molar-refractivity contribution in [2.75, 3.05) is 6.61 Å². The summed E-state index contributed by atoms with van der Waals surface area (Å²) in [7, 11) is 0. The molecule has 2 aromatic heterocycles. The number of alkyl halides is 3. The number of rotatable bonds is 5. The average molecular weight is 603 g/mol. The number of aromatic nitrogens is 6. The van der Waals surface area contributed by atoms with Crippen LogP contribution in [0.15, 0.2) is 42.6 Å². The van der Waals surface area contributed by atoms with E-state index in [0.717, 1.165) is 33.6 Å². The summed E-state index contributed by atoms with van der Waals surface area (Å²) in [4.78, 5) is 4.19.